The van der Waals surface area contributed by atoms with Crippen LogP contribution >= 0.6 is 46.6 Å². The summed E-state index contributed by atoms with van der Waals surface area (Å²) < 4.78 is 15.1. The van der Waals surface area contributed by atoms with Crippen molar-refractivity contribution in [3.63, 3.8) is 0 Å². The molecule has 0 bridgehead atoms. The Morgan fingerprint density at radius 1 is 1.11 bits per heavy atom. The molecule has 1 aromatic heterocycles. The summed E-state index contributed by atoms with van der Waals surface area (Å²) in [5.74, 6) is -0.0715. The Balaban J connectivity index is 1.70. The summed E-state index contributed by atoms with van der Waals surface area (Å²) in [6, 6.07) is 9.23. The number of carbonyl (C=O) groups excluding carboxylic acids is 1. The average Bonchev–Trinajstić information content (AvgIpc) is 3.08. The molecule has 3 aromatic rings. The van der Waals surface area contributed by atoms with Crippen LogP contribution < -0.4 is 5.32 Å². The van der Waals surface area contributed by atoms with Crippen molar-refractivity contribution in [3.8, 4) is 11.4 Å². The summed E-state index contributed by atoms with van der Waals surface area (Å²) in [5.41, 5.74) is 1.20. The second-order valence-corrected chi connectivity index (χ2v) is 7.81. The molecule has 0 aliphatic rings. The third-order valence-electron chi connectivity index (χ3n) is 3.75. The molecule has 0 radical (unpaired) electrons. The van der Waals surface area contributed by atoms with Crippen LogP contribution in [0.1, 0.15) is 6.92 Å². The number of hydrogen-bond acceptors (Lipinski definition) is 4. The van der Waals surface area contributed by atoms with Crippen LogP contribution in [0.5, 0.6) is 0 Å². The fraction of sp³-hybridized carbons (Fsp3) is 0.167. The first kappa shape index (κ1) is 20.9. The van der Waals surface area contributed by atoms with Crippen LogP contribution in [0.15, 0.2) is 41.6 Å². The molecule has 0 saturated carbocycles. The van der Waals surface area contributed by atoms with E-state index in [9.17, 15) is 9.18 Å². The Hall–Kier alpha value is -1.80. The predicted molar refractivity (Wildman–Crippen MR) is 112 cm³/mol. The smallest absolute Gasteiger partial charge is 0.234 e. The maximum atomic E-state index is 13.2. The lowest BCUT2D eigenvalue weighted by Crippen LogP contribution is -2.14. The van der Waals surface area contributed by atoms with Crippen molar-refractivity contribution >= 4 is 58.2 Å². The summed E-state index contributed by atoms with van der Waals surface area (Å²) in [5, 5.41) is 12.5. The van der Waals surface area contributed by atoms with Gasteiger partial charge in [0.15, 0.2) is 11.0 Å². The number of aromatic nitrogens is 3. The van der Waals surface area contributed by atoms with Crippen molar-refractivity contribution in [1.29, 1.82) is 0 Å². The lowest BCUT2D eigenvalue weighted by molar-refractivity contribution is -0.113. The number of nitrogens with one attached hydrogen (secondary N) is 1. The van der Waals surface area contributed by atoms with Gasteiger partial charge in [-0.15, -0.1) is 10.2 Å². The highest BCUT2D eigenvalue weighted by Crippen LogP contribution is 2.29. The molecule has 0 unspecified atom stereocenters. The monoisotopic (exact) mass is 458 g/mol. The number of anilines is 1. The molecule has 0 atom stereocenters. The van der Waals surface area contributed by atoms with E-state index in [4.69, 9.17) is 34.8 Å². The van der Waals surface area contributed by atoms with Gasteiger partial charge in [0, 0.05) is 17.8 Å². The van der Waals surface area contributed by atoms with Crippen LogP contribution in [-0.4, -0.2) is 26.4 Å². The number of rotatable bonds is 6. The van der Waals surface area contributed by atoms with Gasteiger partial charge in [0.25, 0.3) is 0 Å². The van der Waals surface area contributed by atoms with Crippen molar-refractivity contribution in [2.75, 3.05) is 11.1 Å². The van der Waals surface area contributed by atoms with Gasteiger partial charge in [0.05, 0.1) is 20.8 Å². The average molecular weight is 460 g/mol. The van der Waals surface area contributed by atoms with E-state index >= 15 is 0 Å². The van der Waals surface area contributed by atoms with E-state index < -0.39 is 5.82 Å². The third kappa shape index (κ3) is 4.78. The van der Waals surface area contributed by atoms with Gasteiger partial charge in [-0.1, -0.05) is 46.6 Å². The van der Waals surface area contributed by atoms with Crippen LogP contribution in [0.3, 0.4) is 0 Å². The Morgan fingerprint density at radius 2 is 1.89 bits per heavy atom. The van der Waals surface area contributed by atoms with Crippen molar-refractivity contribution < 1.29 is 9.18 Å². The fourth-order valence-corrected chi connectivity index (χ4v) is 3.71. The van der Waals surface area contributed by atoms with Crippen LogP contribution in [0.4, 0.5) is 10.1 Å². The summed E-state index contributed by atoms with van der Waals surface area (Å²) in [7, 11) is 0. The van der Waals surface area contributed by atoms with Crippen molar-refractivity contribution in [3.05, 3.63) is 57.3 Å². The molecule has 3 rings (SSSR count). The van der Waals surface area contributed by atoms with Gasteiger partial charge in [-0.05, 0) is 43.3 Å². The number of benzene rings is 2. The Morgan fingerprint density at radius 3 is 2.57 bits per heavy atom. The predicted octanol–water partition coefficient (Wildman–Crippen LogP) is 5.80. The minimum absolute atomic E-state index is 0.0533. The molecule has 1 amide bonds. The second kappa shape index (κ2) is 9.13. The lowest BCUT2D eigenvalue weighted by atomic mass is 10.2. The van der Waals surface area contributed by atoms with Gasteiger partial charge in [0.2, 0.25) is 5.91 Å². The molecule has 0 aliphatic carbocycles. The third-order valence-corrected chi connectivity index (χ3v) is 5.74. The summed E-state index contributed by atoms with van der Waals surface area (Å²) in [6.07, 6.45) is 0. The summed E-state index contributed by atoms with van der Waals surface area (Å²) >= 11 is 19.0. The normalized spacial score (nSPS) is 10.9. The van der Waals surface area contributed by atoms with Gasteiger partial charge >= 0.3 is 0 Å². The van der Waals surface area contributed by atoms with Gasteiger partial charge in [-0.3, -0.25) is 4.79 Å². The molecule has 1 N–H and O–H groups in total. The van der Waals surface area contributed by atoms with Crippen molar-refractivity contribution in [2.24, 2.45) is 0 Å². The van der Waals surface area contributed by atoms with Crippen LogP contribution in [0.2, 0.25) is 15.1 Å². The number of carbonyl (C=O) groups is 1. The molecule has 10 heteroatoms. The topological polar surface area (TPSA) is 59.8 Å². The van der Waals surface area contributed by atoms with Gasteiger partial charge in [-0.2, -0.15) is 0 Å². The molecule has 5 nitrogen and oxygen atoms in total. The van der Waals surface area contributed by atoms with Gasteiger partial charge in [0.1, 0.15) is 5.82 Å². The Labute approximate surface area is 180 Å². The number of halogens is 4. The van der Waals surface area contributed by atoms with Crippen LogP contribution in [0.25, 0.3) is 11.4 Å². The van der Waals surface area contributed by atoms with E-state index in [2.05, 4.69) is 15.5 Å². The molecule has 1 heterocycles. The highest BCUT2D eigenvalue weighted by atomic mass is 35.5. The molecular formula is C18H14Cl3FN4OS. The highest BCUT2D eigenvalue weighted by Gasteiger charge is 2.16. The number of nitrogens with zero attached hydrogens (tertiary/aromatic N) is 3. The first-order valence-electron chi connectivity index (χ1n) is 8.15. The second-order valence-electron chi connectivity index (χ2n) is 5.65. The summed E-state index contributed by atoms with van der Waals surface area (Å²) in [6.45, 7) is 2.56. The number of thioether (sulfide) groups is 1. The zero-order valence-electron chi connectivity index (χ0n) is 14.5. The molecular weight excluding hydrogens is 446 g/mol. The first-order chi connectivity index (χ1) is 13.4. The minimum Gasteiger partial charge on any atom is -0.325 e. The van der Waals surface area contributed by atoms with E-state index in [1.54, 1.807) is 12.1 Å². The standard InChI is InChI=1S/C18H14Cl3FN4OS/c1-2-26-17(10-3-5-12(19)13(20)7-10)24-25-18(26)28-9-16(27)23-11-4-6-15(22)14(21)8-11/h3-8H,2,9H2,1H3,(H,23,27). The minimum atomic E-state index is -0.542. The lowest BCUT2D eigenvalue weighted by Gasteiger charge is -2.09. The van der Waals surface area contributed by atoms with Crippen molar-refractivity contribution in [2.45, 2.75) is 18.6 Å². The maximum Gasteiger partial charge on any atom is 0.234 e. The molecule has 0 spiro atoms. The fourth-order valence-electron chi connectivity index (χ4n) is 2.43. The van der Waals surface area contributed by atoms with Crippen LogP contribution in [-0.2, 0) is 11.3 Å². The van der Waals surface area contributed by atoms with E-state index in [1.807, 2.05) is 17.6 Å². The Bertz CT molecular complexity index is 1030. The van der Waals surface area contributed by atoms with E-state index in [-0.39, 0.29) is 16.7 Å². The maximum absolute atomic E-state index is 13.2. The molecule has 0 aliphatic heterocycles. The van der Waals surface area contributed by atoms with E-state index in [0.717, 1.165) is 5.56 Å². The number of amides is 1. The van der Waals surface area contributed by atoms with Gasteiger partial charge < -0.3 is 9.88 Å². The molecule has 0 saturated heterocycles. The summed E-state index contributed by atoms with van der Waals surface area (Å²) in [4.78, 5) is 12.2. The van der Waals surface area contributed by atoms with E-state index in [0.29, 0.717) is 33.3 Å². The highest BCUT2D eigenvalue weighted by molar-refractivity contribution is 7.99. The van der Waals surface area contributed by atoms with Crippen LogP contribution in [0, 0.1) is 5.82 Å². The van der Waals surface area contributed by atoms with Crippen molar-refractivity contribution in [1.82, 2.24) is 14.8 Å². The molecule has 146 valence electrons. The largest absolute Gasteiger partial charge is 0.325 e. The Kier molecular flexibility index (Phi) is 6.82. The molecule has 28 heavy (non-hydrogen) atoms. The molecule has 2 aromatic carbocycles. The quantitative estimate of drug-likeness (QED) is 0.474. The zero-order chi connectivity index (χ0) is 20.3. The van der Waals surface area contributed by atoms with E-state index in [1.165, 1.54) is 30.0 Å². The first-order valence-corrected chi connectivity index (χ1v) is 10.3. The zero-order valence-corrected chi connectivity index (χ0v) is 17.6. The SMILES string of the molecule is CCn1c(SCC(=O)Nc2ccc(F)c(Cl)c2)nnc1-c1ccc(Cl)c(Cl)c1. The molecule has 0 fully saturated rings. The number of hydrogen-bond donors (Lipinski definition) is 1. The van der Waals surface area contributed by atoms with Gasteiger partial charge in [-0.25, -0.2) is 4.39 Å².